The molecule has 0 unspecified atom stereocenters. The molecule has 1 saturated carbocycles. The van der Waals surface area contributed by atoms with Crippen molar-refractivity contribution >= 4 is 11.9 Å². The summed E-state index contributed by atoms with van der Waals surface area (Å²) >= 11 is 0. The predicted molar refractivity (Wildman–Crippen MR) is 82.6 cm³/mol. The Morgan fingerprint density at radius 1 is 1.09 bits per heavy atom. The van der Waals surface area contributed by atoms with Crippen LogP contribution < -0.4 is 0 Å². The SMILES string of the molecule is CCOC(=O)C1(CC(C)(C)C(=O)OC)CCC2(CC1)OCCO2. The number of carbonyl (C=O) groups is 2. The van der Waals surface area contributed by atoms with Gasteiger partial charge in [0.15, 0.2) is 5.79 Å². The van der Waals surface area contributed by atoms with Crippen LogP contribution in [0, 0.1) is 10.8 Å². The van der Waals surface area contributed by atoms with Crippen molar-refractivity contribution in [2.24, 2.45) is 10.8 Å². The molecular weight excluding hydrogens is 300 g/mol. The number of ether oxygens (including phenoxy) is 4. The molecule has 0 aromatic carbocycles. The summed E-state index contributed by atoms with van der Waals surface area (Å²) in [5.74, 6) is -1.09. The fraction of sp³-hybridized carbons (Fsp3) is 0.882. The van der Waals surface area contributed by atoms with Crippen LogP contribution in [0.2, 0.25) is 0 Å². The lowest BCUT2D eigenvalue weighted by Crippen LogP contribution is -2.47. The summed E-state index contributed by atoms with van der Waals surface area (Å²) in [6.07, 6.45) is 2.87. The van der Waals surface area contributed by atoms with Crippen molar-refractivity contribution in [2.45, 2.75) is 58.7 Å². The summed E-state index contributed by atoms with van der Waals surface area (Å²) in [6.45, 7) is 6.95. The second kappa shape index (κ2) is 6.77. The Hall–Kier alpha value is -1.14. The zero-order chi connectivity index (χ0) is 17.1. The Labute approximate surface area is 137 Å². The molecule has 2 rings (SSSR count). The zero-order valence-corrected chi connectivity index (χ0v) is 14.6. The summed E-state index contributed by atoms with van der Waals surface area (Å²) in [4.78, 5) is 24.7. The van der Waals surface area contributed by atoms with Gasteiger partial charge in [-0.2, -0.15) is 0 Å². The molecule has 0 aromatic rings. The Kier molecular flexibility index (Phi) is 5.36. The Balaban J connectivity index is 2.18. The van der Waals surface area contributed by atoms with Crippen LogP contribution in [-0.4, -0.2) is 44.7 Å². The standard InChI is InChI=1S/C17H28O6/c1-5-21-14(19)16(12-15(2,3)13(18)20-4)6-8-17(9-7-16)22-10-11-23-17/h5-12H2,1-4H3. The van der Waals surface area contributed by atoms with Crippen LogP contribution >= 0.6 is 0 Å². The first kappa shape index (κ1) is 18.2. The molecule has 0 radical (unpaired) electrons. The summed E-state index contributed by atoms with van der Waals surface area (Å²) in [7, 11) is 1.37. The van der Waals surface area contributed by atoms with E-state index in [2.05, 4.69) is 0 Å². The van der Waals surface area contributed by atoms with Crippen LogP contribution in [0.3, 0.4) is 0 Å². The molecule has 0 aromatic heterocycles. The zero-order valence-electron chi connectivity index (χ0n) is 14.6. The van der Waals surface area contributed by atoms with E-state index >= 15 is 0 Å². The molecule has 1 spiro atoms. The molecule has 6 nitrogen and oxygen atoms in total. The van der Waals surface area contributed by atoms with E-state index in [1.165, 1.54) is 7.11 Å². The van der Waals surface area contributed by atoms with Crippen LogP contribution in [0.15, 0.2) is 0 Å². The molecule has 6 heteroatoms. The van der Waals surface area contributed by atoms with E-state index in [1.54, 1.807) is 6.92 Å². The smallest absolute Gasteiger partial charge is 0.312 e. The van der Waals surface area contributed by atoms with E-state index in [0.29, 0.717) is 51.9 Å². The third-order valence-corrected chi connectivity index (χ3v) is 5.01. The highest BCUT2D eigenvalue weighted by atomic mass is 16.7. The molecule has 0 N–H and O–H groups in total. The first-order valence-corrected chi connectivity index (χ1v) is 8.33. The van der Waals surface area contributed by atoms with Gasteiger partial charge < -0.3 is 18.9 Å². The van der Waals surface area contributed by atoms with Gasteiger partial charge in [0.05, 0.1) is 37.8 Å². The molecule has 2 aliphatic rings. The van der Waals surface area contributed by atoms with Gasteiger partial charge in [0, 0.05) is 12.8 Å². The largest absolute Gasteiger partial charge is 0.469 e. The monoisotopic (exact) mass is 328 g/mol. The minimum atomic E-state index is -0.747. The second-order valence-electron chi connectivity index (χ2n) is 7.16. The molecule has 0 amide bonds. The lowest BCUT2D eigenvalue weighted by molar-refractivity contribution is -0.203. The Morgan fingerprint density at radius 3 is 2.13 bits per heavy atom. The van der Waals surface area contributed by atoms with Crippen LogP contribution in [0.25, 0.3) is 0 Å². The van der Waals surface area contributed by atoms with E-state index in [0.717, 1.165) is 0 Å². The van der Waals surface area contributed by atoms with Crippen molar-refractivity contribution in [1.29, 1.82) is 0 Å². The first-order valence-electron chi connectivity index (χ1n) is 8.33. The summed E-state index contributed by atoms with van der Waals surface area (Å²) < 4.78 is 21.7. The van der Waals surface area contributed by atoms with E-state index < -0.39 is 16.6 Å². The number of carbonyl (C=O) groups excluding carboxylic acids is 2. The molecule has 0 atom stereocenters. The van der Waals surface area contributed by atoms with Gasteiger partial charge >= 0.3 is 11.9 Å². The topological polar surface area (TPSA) is 71.1 Å². The maximum atomic E-state index is 12.7. The lowest BCUT2D eigenvalue weighted by atomic mass is 9.64. The second-order valence-corrected chi connectivity index (χ2v) is 7.16. The van der Waals surface area contributed by atoms with Crippen molar-refractivity contribution in [3.63, 3.8) is 0 Å². The quantitative estimate of drug-likeness (QED) is 0.722. The van der Waals surface area contributed by atoms with E-state index in [4.69, 9.17) is 18.9 Å². The van der Waals surface area contributed by atoms with Gasteiger partial charge in [0.25, 0.3) is 0 Å². The van der Waals surface area contributed by atoms with Crippen molar-refractivity contribution < 1.29 is 28.5 Å². The number of esters is 2. The van der Waals surface area contributed by atoms with E-state index in [-0.39, 0.29) is 11.9 Å². The fourth-order valence-corrected chi connectivity index (χ4v) is 3.83. The van der Waals surface area contributed by atoms with Gasteiger partial charge in [0.1, 0.15) is 0 Å². The van der Waals surface area contributed by atoms with Crippen LogP contribution in [0.1, 0.15) is 52.9 Å². The van der Waals surface area contributed by atoms with Gasteiger partial charge in [0.2, 0.25) is 0 Å². The average Bonchev–Trinajstić information content (AvgIpc) is 2.97. The summed E-state index contributed by atoms with van der Waals surface area (Å²) in [6, 6.07) is 0. The van der Waals surface area contributed by atoms with Gasteiger partial charge in [-0.3, -0.25) is 9.59 Å². The highest BCUT2D eigenvalue weighted by molar-refractivity contribution is 5.80. The minimum absolute atomic E-state index is 0.232. The maximum absolute atomic E-state index is 12.7. The van der Waals surface area contributed by atoms with Crippen LogP contribution in [0.4, 0.5) is 0 Å². The molecule has 1 heterocycles. The molecule has 1 aliphatic carbocycles. The van der Waals surface area contributed by atoms with Crippen LogP contribution in [0.5, 0.6) is 0 Å². The molecule has 23 heavy (non-hydrogen) atoms. The molecule has 2 fully saturated rings. The fourth-order valence-electron chi connectivity index (χ4n) is 3.83. The summed E-state index contributed by atoms with van der Waals surface area (Å²) in [5.41, 5.74) is -1.43. The third-order valence-electron chi connectivity index (χ3n) is 5.01. The third kappa shape index (κ3) is 3.69. The highest BCUT2D eigenvalue weighted by Gasteiger charge is 2.53. The van der Waals surface area contributed by atoms with Gasteiger partial charge in [-0.05, 0) is 40.0 Å². The predicted octanol–water partition coefficient (Wildman–Crippen LogP) is 2.44. The average molecular weight is 328 g/mol. The maximum Gasteiger partial charge on any atom is 0.312 e. The van der Waals surface area contributed by atoms with Crippen molar-refractivity contribution in [2.75, 3.05) is 26.9 Å². The normalized spacial score (nSPS) is 22.8. The first-order chi connectivity index (χ1) is 10.8. The van der Waals surface area contributed by atoms with Gasteiger partial charge in [-0.25, -0.2) is 0 Å². The van der Waals surface area contributed by atoms with Crippen molar-refractivity contribution in [3.05, 3.63) is 0 Å². The number of methoxy groups -OCH3 is 1. The van der Waals surface area contributed by atoms with Crippen molar-refractivity contribution in [3.8, 4) is 0 Å². The molecule has 1 aliphatic heterocycles. The van der Waals surface area contributed by atoms with E-state index in [1.807, 2.05) is 13.8 Å². The molecular formula is C17H28O6. The highest BCUT2D eigenvalue weighted by Crippen LogP contribution is 2.50. The van der Waals surface area contributed by atoms with Gasteiger partial charge in [-0.1, -0.05) is 0 Å². The van der Waals surface area contributed by atoms with Crippen LogP contribution in [-0.2, 0) is 28.5 Å². The van der Waals surface area contributed by atoms with E-state index in [9.17, 15) is 9.59 Å². The number of hydrogen-bond donors (Lipinski definition) is 0. The molecule has 0 bridgehead atoms. The Bertz CT molecular complexity index is 440. The number of hydrogen-bond acceptors (Lipinski definition) is 6. The summed E-state index contributed by atoms with van der Waals surface area (Å²) in [5, 5.41) is 0. The van der Waals surface area contributed by atoms with Crippen molar-refractivity contribution in [1.82, 2.24) is 0 Å². The Morgan fingerprint density at radius 2 is 1.65 bits per heavy atom. The minimum Gasteiger partial charge on any atom is -0.469 e. The van der Waals surface area contributed by atoms with Gasteiger partial charge in [-0.15, -0.1) is 0 Å². The number of rotatable bonds is 5. The lowest BCUT2D eigenvalue weighted by Gasteiger charge is -2.44. The molecule has 132 valence electrons. The molecule has 1 saturated heterocycles.